The van der Waals surface area contributed by atoms with Crippen LogP contribution in [-0.2, 0) is 4.79 Å². The van der Waals surface area contributed by atoms with Crippen LogP contribution in [0.3, 0.4) is 0 Å². The molecule has 228 valence electrons. The Hall–Kier alpha value is -4.23. The Balaban J connectivity index is 1.88. The fourth-order valence-corrected chi connectivity index (χ4v) is 6.70. The van der Waals surface area contributed by atoms with Crippen molar-refractivity contribution in [2.45, 2.75) is 65.5 Å². The molecule has 0 unspecified atom stereocenters. The van der Waals surface area contributed by atoms with Crippen LogP contribution in [0.25, 0.3) is 33.8 Å². The standard InChI is InChI=1S/C36H40ClN5O2/c1-9-25-13-11-12-14-27(25)28-18-31-29(17-30(28)37)35(41-23(7)19-40(20-24(41)8)32(43)10-2)39-36(44)42(31)34-26(21(3)4)15-16-38-33(34)22(5)6/h9-18,21-24H,1-2,19-20H2,3-8H3/t23-,24-/m0/s1. The van der Waals surface area contributed by atoms with Gasteiger partial charge in [0, 0.05) is 47.3 Å². The number of benzene rings is 2. The fourth-order valence-electron chi connectivity index (χ4n) is 6.44. The number of aromatic nitrogens is 3. The molecular weight excluding hydrogens is 570 g/mol. The molecule has 1 amide bonds. The SMILES string of the molecule is C=CC(=O)N1C[C@H](C)N(c2nc(=O)n(-c3c(C(C)C)ccnc3C(C)C)c3cc(-c4ccccc4C=C)c(Cl)cc23)[C@@H](C)C1. The summed E-state index contributed by atoms with van der Waals surface area (Å²) in [4.78, 5) is 40.4. The minimum absolute atomic E-state index is 0.0640. The molecule has 44 heavy (non-hydrogen) atoms. The number of halogens is 1. The van der Waals surface area contributed by atoms with Gasteiger partial charge < -0.3 is 9.80 Å². The molecule has 0 bridgehead atoms. The molecule has 1 fully saturated rings. The number of hydrogen-bond acceptors (Lipinski definition) is 5. The summed E-state index contributed by atoms with van der Waals surface area (Å²) in [7, 11) is 0. The lowest BCUT2D eigenvalue weighted by molar-refractivity contribution is -0.127. The molecule has 1 aliphatic heterocycles. The normalized spacial score (nSPS) is 17.0. The molecule has 0 radical (unpaired) electrons. The van der Waals surface area contributed by atoms with Crippen LogP contribution in [0, 0.1) is 0 Å². The number of piperazine rings is 1. The van der Waals surface area contributed by atoms with E-state index in [9.17, 15) is 9.59 Å². The summed E-state index contributed by atoms with van der Waals surface area (Å²) in [6.45, 7) is 21.1. The van der Waals surface area contributed by atoms with Crippen molar-refractivity contribution in [2.75, 3.05) is 18.0 Å². The van der Waals surface area contributed by atoms with Crippen LogP contribution in [0.15, 0.2) is 72.7 Å². The topological polar surface area (TPSA) is 71.3 Å². The molecule has 1 aliphatic rings. The van der Waals surface area contributed by atoms with Crippen LogP contribution < -0.4 is 10.6 Å². The number of carbonyl (C=O) groups is 1. The van der Waals surface area contributed by atoms with Crippen LogP contribution in [0.1, 0.15) is 70.2 Å². The monoisotopic (exact) mass is 609 g/mol. The Labute approximate surface area is 264 Å². The Bertz CT molecular complexity index is 1790. The molecule has 0 spiro atoms. The Morgan fingerprint density at radius 2 is 1.68 bits per heavy atom. The van der Waals surface area contributed by atoms with Gasteiger partial charge in [0.15, 0.2) is 0 Å². The number of pyridine rings is 1. The highest BCUT2D eigenvalue weighted by atomic mass is 35.5. The predicted molar refractivity (Wildman–Crippen MR) is 182 cm³/mol. The maximum atomic E-state index is 14.4. The third kappa shape index (κ3) is 5.45. The summed E-state index contributed by atoms with van der Waals surface area (Å²) < 4.78 is 1.72. The summed E-state index contributed by atoms with van der Waals surface area (Å²) in [5.74, 6) is 0.646. The molecule has 2 aromatic heterocycles. The van der Waals surface area contributed by atoms with E-state index in [1.54, 1.807) is 9.47 Å². The van der Waals surface area contributed by atoms with Crippen LogP contribution in [0.2, 0.25) is 5.02 Å². The van der Waals surface area contributed by atoms with Crippen LogP contribution in [0.5, 0.6) is 0 Å². The van der Waals surface area contributed by atoms with E-state index < -0.39 is 5.69 Å². The summed E-state index contributed by atoms with van der Waals surface area (Å²) in [6, 6.07) is 13.6. The van der Waals surface area contributed by atoms with E-state index in [0.29, 0.717) is 29.4 Å². The molecule has 2 atom stereocenters. The van der Waals surface area contributed by atoms with Crippen LogP contribution in [0.4, 0.5) is 5.82 Å². The second-order valence-corrected chi connectivity index (χ2v) is 12.6. The number of hydrogen-bond donors (Lipinski definition) is 0. The van der Waals surface area contributed by atoms with Crippen molar-refractivity contribution in [3.63, 3.8) is 0 Å². The Morgan fingerprint density at radius 1 is 1.00 bits per heavy atom. The van der Waals surface area contributed by atoms with Gasteiger partial charge >= 0.3 is 5.69 Å². The quantitative estimate of drug-likeness (QED) is 0.202. The zero-order valence-electron chi connectivity index (χ0n) is 26.3. The Kier molecular flexibility index (Phi) is 8.80. The first-order valence-electron chi connectivity index (χ1n) is 15.1. The third-order valence-corrected chi connectivity index (χ3v) is 8.77. The zero-order chi connectivity index (χ0) is 31.9. The van der Waals surface area contributed by atoms with Crippen molar-refractivity contribution in [3.8, 4) is 16.8 Å². The first-order valence-corrected chi connectivity index (χ1v) is 15.5. The van der Waals surface area contributed by atoms with Crippen molar-refractivity contribution in [2.24, 2.45) is 0 Å². The van der Waals surface area contributed by atoms with Crippen LogP contribution in [-0.4, -0.2) is 50.5 Å². The molecule has 1 saturated heterocycles. The minimum Gasteiger partial charge on any atom is -0.347 e. The summed E-state index contributed by atoms with van der Waals surface area (Å²) >= 11 is 7.09. The molecule has 3 heterocycles. The van der Waals surface area contributed by atoms with E-state index in [4.69, 9.17) is 21.6 Å². The second-order valence-electron chi connectivity index (χ2n) is 12.2. The molecule has 5 rings (SSSR count). The Morgan fingerprint density at radius 3 is 2.30 bits per heavy atom. The molecule has 2 aromatic carbocycles. The van der Waals surface area contributed by atoms with Crippen LogP contribution >= 0.6 is 11.6 Å². The highest BCUT2D eigenvalue weighted by molar-refractivity contribution is 6.34. The van der Waals surface area contributed by atoms with Gasteiger partial charge in [0.1, 0.15) is 5.82 Å². The van der Waals surface area contributed by atoms with E-state index in [1.165, 1.54) is 6.08 Å². The van der Waals surface area contributed by atoms with Crippen molar-refractivity contribution in [1.29, 1.82) is 0 Å². The smallest absolute Gasteiger partial charge is 0.347 e. The molecule has 4 aromatic rings. The van der Waals surface area contributed by atoms with Gasteiger partial charge in [0.05, 0.1) is 16.9 Å². The van der Waals surface area contributed by atoms with Gasteiger partial charge in [-0.3, -0.25) is 14.3 Å². The van der Waals surface area contributed by atoms with Gasteiger partial charge in [-0.1, -0.05) is 82.8 Å². The number of rotatable bonds is 7. The molecule has 0 aliphatic carbocycles. The van der Waals surface area contributed by atoms with Crippen molar-refractivity contribution in [3.05, 3.63) is 100 Å². The highest BCUT2D eigenvalue weighted by Gasteiger charge is 2.34. The maximum Gasteiger partial charge on any atom is 0.354 e. The number of amides is 1. The maximum absolute atomic E-state index is 14.4. The van der Waals surface area contributed by atoms with E-state index in [1.807, 2.05) is 68.6 Å². The van der Waals surface area contributed by atoms with Gasteiger partial charge in [-0.25, -0.2) is 4.79 Å². The second kappa shape index (κ2) is 12.4. The molecule has 0 N–H and O–H groups in total. The molecular formula is C36H40ClN5O2. The largest absolute Gasteiger partial charge is 0.354 e. The number of anilines is 1. The lowest BCUT2D eigenvalue weighted by Gasteiger charge is -2.45. The van der Waals surface area contributed by atoms with Gasteiger partial charge in [0.2, 0.25) is 5.91 Å². The summed E-state index contributed by atoms with van der Waals surface area (Å²) in [5, 5.41) is 1.30. The lowest BCUT2D eigenvalue weighted by Crippen LogP contribution is -2.58. The van der Waals surface area contributed by atoms with Crippen molar-refractivity contribution < 1.29 is 4.79 Å². The van der Waals surface area contributed by atoms with E-state index >= 15 is 0 Å². The van der Waals surface area contributed by atoms with E-state index in [0.717, 1.165) is 39.0 Å². The van der Waals surface area contributed by atoms with Crippen molar-refractivity contribution in [1.82, 2.24) is 19.4 Å². The number of fused-ring (bicyclic) bond motifs is 1. The summed E-state index contributed by atoms with van der Waals surface area (Å²) in [6.07, 6.45) is 4.97. The van der Waals surface area contributed by atoms with Gasteiger partial charge in [-0.05, 0) is 66.6 Å². The van der Waals surface area contributed by atoms with Crippen molar-refractivity contribution >= 4 is 40.3 Å². The fraction of sp³-hybridized carbons (Fsp3) is 0.333. The predicted octanol–water partition coefficient (Wildman–Crippen LogP) is 7.60. The molecule has 0 saturated carbocycles. The van der Waals surface area contributed by atoms with Gasteiger partial charge in [-0.15, -0.1) is 0 Å². The van der Waals surface area contributed by atoms with E-state index in [2.05, 4.69) is 45.8 Å². The first-order chi connectivity index (χ1) is 21.0. The lowest BCUT2D eigenvalue weighted by atomic mass is 9.95. The average molecular weight is 610 g/mol. The number of nitrogens with zero attached hydrogens (tertiary/aromatic N) is 5. The highest BCUT2D eigenvalue weighted by Crippen LogP contribution is 2.40. The molecule has 7 nitrogen and oxygen atoms in total. The third-order valence-electron chi connectivity index (χ3n) is 8.46. The van der Waals surface area contributed by atoms with E-state index in [-0.39, 0.29) is 29.8 Å². The minimum atomic E-state index is -0.390. The first kappa shape index (κ1) is 31.2. The zero-order valence-corrected chi connectivity index (χ0v) is 27.1. The average Bonchev–Trinajstić information content (AvgIpc) is 2.99. The molecule has 8 heteroatoms. The number of carbonyl (C=O) groups excluding carboxylic acids is 1. The van der Waals surface area contributed by atoms with Gasteiger partial charge in [-0.2, -0.15) is 4.98 Å². The van der Waals surface area contributed by atoms with Gasteiger partial charge in [0.25, 0.3) is 0 Å². The summed E-state index contributed by atoms with van der Waals surface area (Å²) in [5.41, 5.74) is 5.57.